The van der Waals surface area contributed by atoms with Gasteiger partial charge in [0.15, 0.2) is 0 Å². The summed E-state index contributed by atoms with van der Waals surface area (Å²) in [5.74, 6) is -0.629. The molecular formula is C14H12ClFO2S. The van der Waals surface area contributed by atoms with Crippen molar-refractivity contribution in [1.29, 1.82) is 0 Å². The molecule has 0 aromatic heterocycles. The molecule has 100 valence electrons. The molecule has 2 aromatic rings. The Kier molecular flexibility index (Phi) is 3.65. The highest BCUT2D eigenvalue weighted by molar-refractivity contribution is 8.13. The average molecular weight is 299 g/mol. The molecule has 2 rings (SSSR count). The summed E-state index contributed by atoms with van der Waals surface area (Å²) in [4.78, 5) is -0.233. The molecule has 0 unspecified atom stereocenters. The van der Waals surface area contributed by atoms with Gasteiger partial charge in [-0.15, -0.1) is 0 Å². The van der Waals surface area contributed by atoms with Crippen molar-refractivity contribution in [2.45, 2.75) is 18.7 Å². The summed E-state index contributed by atoms with van der Waals surface area (Å²) in [6.45, 7) is 3.85. The molecule has 0 atom stereocenters. The fourth-order valence-corrected chi connectivity index (χ4v) is 2.80. The van der Waals surface area contributed by atoms with Gasteiger partial charge in [-0.1, -0.05) is 29.3 Å². The minimum Gasteiger partial charge on any atom is -0.207 e. The van der Waals surface area contributed by atoms with Crippen LogP contribution in [0, 0.1) is 19.7 Å². The van der Waals surface area contributed by atoms with Crippen LogP contribution in [-0.4, -0.2) is 8.42 Å². The van der Waals surface area contributed by atoms with E-state index in [0.29, 0.717) is 5.56 Å². The Hall–Kier alpha value is -1.39. The van der Waals surface area contributed by atoms with Gasteiger partial charge in [-0.2, -0.15) is 0 Å². The van der Waals surface area contributed by atoms with Crippen molar-refractivity contribution >= 4 is 19.7 Å². The van der Waals surface area contributed by atoms with Crippen LogP contribution in [0.2, 0.25) is 0 Å². The summed E-state index contributed by atoms with van der Waals surface area (Å²) in [6.07, 6.45) is 0. The Bertz CT molecular complexity index is 719. The van der Waals surface area contributed by atoms with Gasteiger partial charge in [0.05, 0.1) is 4.90 Å². The molecule has 0 aliphatic carbocycles. The lowest BCUT2D eigenvalue weighted by Gasteiger charge is -2.07. The fraction of sp³-hybridized carbons (Fsp3) is 0.143. The van der Waals surface area contributed by atoms with E-state index in [2.05, 4.69) is 0 Å². The number of rotatable bonds is 2. The third kappa shape index (κ3) is 3.33. The minimum atomic E-state index is -3.94. The molecular weight excluding hydrogens is 287 g/mol. The first-order valence-electron chi connectivity index (χ1n) is 5.59. The number of hydrogen-bond donors (Lipinski definition) is 0. The largest absolute Gasteiger partial charge is 0.261 e. The van der Waals surface area contributed by atoms with Gasteiger partial charge in [-0.05, 0) is 43.2 Å². The predicted molar refractivity (Wildman–Crippen MR) is 74.3 cm³/mol. The van der Waals surface area contributed by atoms with Crippen LogP contribution in [-0.2, 0) is 9.05 Å². The molecule has 0 N–H and O–H groups in total. The third-order valence-corrected chi connectivity index (χ3v) is 4.04. The molecule has 2 nitrogen and oxygen atoms in total. The van der Waals surface area contributed by atoms with E-state index in [0.717, 1.165) is 22.8 Å². The van der Waals surface area contributed by atoms with Crippen LogP contribution in [0.1, 0.15) is 11.1 Å². The van der Waals surface area contributed by atoms with E-state index in [1.54, 1.807) is 0 Å². The van der Waals surface area contributed by atoms with E-state index in [9.17, 15) is 12.8 Å². The van der Waals surface area contributed by atoms with Crippen molar-refractivity contribution in [3.8, 4) is 11.1 Å². The highest BCUT2D eigenvalue weighted by atomic mass is 35.7. The Morgan fingerprint density at radius 3 is 1.95 bits per heavy atom. The number of benzene rings is 2. The number of halogens is 2. The van der Waals surface area contributed by atoms with Crippen LogP contribution in [0.4, 0.5) is 4.39 Å². The van der Waals surface area contributed by atoms with Crippen LogP contribution in [0.5, 0.6) is 0 Å². The first-order chi connectivity index (χ1) is 8.75. The molecule has 0 bridgehead atoms. The van der Waals surface area contributed by atoms with Gasteiger partial charge in [0, 0.05) is 10.7 Å². The number of aryl methyl sites for hydroxylation is 2. The zero-order valence-corrected chi connectivity index (χ0v) is 12.0. The first kappa shape index (κ1) is 14.0. The second-order valence-electron chi connectivity index (χ2n) is 4.49. The van der Waals surface area contributed by atoms with Crippen LogP contribution in [0.25, 0.3) is 11.1 Å². The van der Waals surface area contributed by atoms with Crippen LogP contribution in [0.3, 0.4) is 0 Å². The van der Waals surface area contributed by atoms with Crippen molar-refractivity contribution in [3.63, 3.8) is 0 Å². The highest BCUT2D eigenvalue weighted by Gasteiger charge is 2.13. The average Bonchev–Trinajstić information content (AvgIpc) is 2.25. The number of hydrogen-bond acceptors (Lipinski definition) is 2. The summed E-state index contributed by atoms with van der Waals surface area (Å²) >= 11 is 0. The summed E-state index contributed by atoms with van der Waals surface area (Å²) in [6, 6.07) is 9.30. The quantitative estimate of drug-likeness (QED) is 0.784. The van der Waals surface area contributed by atoms with Crippen LogP contribution in [0.15, 0.2) is 41.3 Å². The minimum absolute atomic E-state index is 0.233. The van der Waals surface area contributed by atoms with Crippen molar-refractivity contribution in [3.05, 3.63) is 53.3 Å². The molecule has 5 heteroatoms. The zero-order chi connectivity index (χ0) is 14.2. The molecule has 2 aromatic carbocycles. The monoisotopic (exact) mass is 298 g/mol. The second kappa shape index (κ2) is 4.94. The normalized spacial score (nSPS) is 11.6. The molecule has 0 fully saturated rings. The molecule has 0 saturated heterocycles. The zero-order valence-electron chi connectivity index (χ0n) is 10.4. The van der Waals surface area contributed by atoms with Gasteiger partial charge in [0.25, 0.3) is 9.05 Å². The van der Waals surface area contributed by atoms with Gasteiger partial charge in [0.2, 0.25) is 0 Å². The summed E-state index contributed by atoms with van der Waals surface area (Å²) in [5, 5.41) is 0. The maximum Gasteiger partial charge on any atom is 0.261 e. The molecule has 0 amide bonds. The van der Waals surface area contributed by atoms with E-state index in [1.807, 2.05) is 32.0 Å². The maximum absolute atomic E-state index is 13.5. The van der Waals surface area contributed by atoms with Gasteiger partial charge in [-0.25, -0.2) is 12.8 Å². The van der Waals surface area contributed by atoms with Crippen molar-refractivity contribution in [2.75, 3.05) is 0 Å². The van der Waals surface area contributed by atoms with Crippen molar-refractivity contribution in [1.82, 2.24) is 0 Å². The lowest BCUT2D eigenvalue weighted by Crippen LogP contribution is -1.93. The molecule has 0 spiro atoms. The van der Waals surface area contributed by atoms with Gasteiger partial charge < -0.3 is 0 Å². The Labute approximate surface area is 116 Å². The van der Waals surface area contributed by atoms with Gasteiger partial charge in [-0.3, -0.25) is 0 Å². The van der Waals surface area contributed by atoms with Crippen molar-refractivity contribution in [2.24, 2.45) is 0 Å². The standard InChI is InChI=1S/C14H12ClFO2S/c1-9-3-10(2)5-11(4-9)12-6-13(16)8-14(7-12)19(15,17)18/h3-8H,1-2H3. The lowest BCUT2D eigenvalue weighted by molar-refractivity contribution is 0.602. The molecule has 0 heterocycles. The van der Waals surface area contributed by atoms with Gasteiger partial charge >= 0.3 is 0 Å². The van der Waals surface area contributed by atoms with E-state index < -0.39 is 14.9 Å². The molecule has 19 heavy (non-hydrogen) atoms. The van der Waals surface area contributed by atoms with Crippen LogP contribution < -0.4 is 0 Å². The highest BCUT2D eigenvalue weighted by Crippen LogP contribution is 2.27. The molecule has 0 radical (unpaired) electrons. The fourth-order valence-electron chi connectivity index (χ4n) is 2.01. The summed E-state index contributed by atoms with van der Waals surface area (Å²) < 4.78 is 36.1. The van der Waals surface area contributed by atoms with Crippen LogP contribution >= 0.6 is 10.7 Å². The Morgan fingerprint density at radius 1 is 0.895 bits per heavy atom. The first-order valence-corrected chi connectivity index (χ1v) is 7.90. The van der Waals surface area contributed by atoms with E-state index in [-0.39, 0.29) is 4.90 Å². The Morgan fingerprint density at radius 2 is 1.42 bits per heavy atom. The molecule has 0 saturated carbocycles. The topological polar surface area (TPSA) is 34.1 Å². The summed E-state index contributed by atoms with van der Waals surface area (Å²) in [5.41, 5.74) is 3.30. The molecule has 0 aliphatic rings. The third-order valence-electron chi connectivity index (χ3n) is 2.71. The Balaban J connectivity index is 2.66. The van der Waals surface area contributed by atoms with Gasteiger partial charge in [0.1, 0.15) is 5.82 Å². The van der Waals surface area contributed by atoms with E-state index in [1.165, 1.54) is 12.1 Å². The van der Waals surface area contributed by atoms with Crippen molar-refractivity contribution < 1.29 is 12.8 Å². The SMILES string of the molecule is Cc1cc(C)cc(-c2cc(F)cc(S(=O)(=O)Cl)c2)c1. The maximum atomic E-state index is 13.5. The smallest absolute Gasteiger partial charge is 0.207 e. The predicted octanol–water partition coefficient (Wildman–Crippen LogP) is 4.04. The van der Waals surface area contributed by atoms with E-state index in [4.69, 9.17) is 10.7 Å². The lowest BCUT2D eigenvalue weighted by atomic mass is 10.0. The summed E-state index contributed by atoms with van der Waals surface area (Å²) in [7, 11) is 1.31. The second-order valence-corrected chi connectivity index (χ2v) is 7.06. The molecule has 0 aliphatic heterocycles. The van der Waals surface area contributed by atoms with E-state index >= 15 is 0 Å².